The van der Waals surface area contributed by atoms with Gasteiger partial charge in [0.05, 0.1) is 7.11 Å². The number of likely N-dealkylation sites (N-methyl/N-ethyl adjacent to an activating group) is 2. The van der Waals surface area contributed by atoms with Crippen molar-refractivity contribution in [3.63, 3.8) is 0 Å². The molecule has 0 radical (unpaired) electrons. The maximum Gasteiger partial charge on any atom is 0.409 e. The minimum Gasteiger partial charge on any atom is -0.453 e. The first-order valence-electron chi connectivity index (χ1n) is 5.52. The normalized spacial score (nSPS) is 16.5. The Balaban J connectivity index is 2.41. The topological polar surface area (TPSA) is 49.9 Å². The van der Waals surface area contributed by atoms with Gasteiger partial charge < -0.3 is 14.5 Å². The van der Waals surface area contributed by atoms with Crippen LogP contribution in [0.1, 0.15) is 19.8 Å². The van der Waals surface area contributed by atoms with E-state index in [0.717, 1.165) is 0 Å². The summed E-state index contributed by atoms with van der Waals surface area (Å²) in [6, 6.07) is 0.263. The maximum absolute atomic E-state index is 11.8. The van der Waals surface area contributed by atoms with Crippen LogP contribution in [0.25, 0.3) is 0 Å². The van der Waals surface area contributed by atoms with Crippen molar-refractivity contribution in [2.75, 3.05) is 27.7 Å². The van der Waals surface area contributed by atoms with Gasteiger partial charge in [-0.2, -0.15) is 0 Å². The fourth-order valence-electron chi connectivity index (χ4n) is 1.66. The molecule has 0 spiro atoms. The summed E-state index contributed by atoms with van der Waals surface area (Å²) in [6.45, 7) is 2.12. The molecule has 0 saturated heterocycles. The predicted molar refractivity (Wildman–Crippen MR) is 60.0 cm³/mol. The molecule has 5 nitrogen and oxygen atoms in total. The average molecular weight is 228 g/mol. The summed E-state index contributed by atoms with van der Waals surface area (Å²) in [5.41, 5.74) is 0. The number of hydrogen-bond acceptors (Lipinski definition) is 3. The van der Waals surface area contributed by atoms with Crippen molar-refractivity contribution >= 4 is 12.0 Å². The number of rotatable bonds is 4. The Labute approximate surface area is 96.3 Å². The molecular formula is C11H20N2O3. The van der Waals surface area contributed by atoms with Gasteiger partial charge in [0.15, 0.2) is 0 Å². The Morgan fingerprint density at radius 2 is 1.94 bits per heavy atom. The second-order valence-corrected chi connectivity index (χ2v) is 4.41. The molecule has 1 saturated carbocycles. The highest BCUT2D eigenvalue weighted by Crippen LogP contribution is 2.34. The summed E-state index contributed by atoms with van der Waals surface area (Å²) in [5, 5.41) is 0. The zero-order chi connectivity index (χ0) is 12.3. The van der Waals surface area contributed by atoms with Crippen molar-refractivity contribution in [2.45, 2.75) is 25.8 Å². The monoisotopic (exact) mass is 228 g/mol. The molecule has 0 aromatic rings. The Morgan fingerprint density at radius 1 is 1.38 bits per heavy atom. The first-order valence-corrected chi connectivity index (χ1v) is 5.52. The van der Waals surface area contributed by atoms with Crippen molar-refractivity contribution in [3.05, 3.63) is 0 Å². The van der Waals surface area contributed by atoms with Gasteiger partial charge in [-0.15, -0.1) is 0 Å². The Kier molecular flexibility index (Phi) is 4.15. The molecular weight excluding hydrogens is 208 g/mol. The van der Waals surface area contributed by atoms with Crippen LogP contribution in [0.2, 0.25) is 0 Å². The summed E-state index contributed by atoms with van der Waals surface area (Å²) >= 11 is 0. The van der Waals surface area contributed by atoms with E-state index in [0.29, 0.717) is 5.92 Å². The quantitative estimate of drug-likeness (QED) is 0.719. The fourth-order valence-corrected chi connectivity index (χ4v) is 1.66. The summed E-state index contributed by atoms with van der Waals surface area (Å²) in [6.07, 6.45) is 1.91. The van der Waals surface area contributed by atoms with E-state index in [1.807, 2.05) is 6.92 Å². The summed E-state index contributed by atoms with van der Waals surface area (Å²) in [7, 11) is 4.65. The zero-order valence-corrected chi connectivity index (χ0v) is 10.4. The number of nitrogens with zero attached hydrogens (tertiary/aromatic N) is 2. The molecule has 16 heavy (non-hydrogen) atoms. The van der Waals surface area contributed by atoms with Crippen molar-refractivity contribution < 1.29 is 14.3 Å². The largest absolute Gasteiger partial charge is 0.453 e. The molecule has 0 aromatic carbocycles. The molecule has 1 atom stereocenters. The van der Waals surface area contributed by atoms with Gasteiger partial charge in [0.1, 0.15) is 6.54 Å². The molecule has 1 fully saturated rings. The zero-order valence-electron chi connectivity index (χ0n) is 10.4. The second kappa shape index (κ2) is 5.18. The molecule has 5 heteroatoms. The van der Waals surface area contributed by atoms with Gasteiger partial charge in [-0.25, -0.2) is 4.79 Å². The van der Waals surface area contributed by atoms with E-state index in [4.69, 9.17) is 0 Å². The van der Waals surface area contributed by atoms with Crippen LogP contribution in [0.5, 0.6) is 0 Å². The molecule has 0 heterocycles. The number of methoxy groups -OCH3 is 1. The molecule has 2 amide bonds. The Hall–Kier alpha value is -1.26. The van der Waals surface area contributed by atoms with Crippen LogP contribution in [0.15, 0.2) is 0 Å². The molecule has 0 bridgehead atoms. The lowest BCUT2D eigenvalue weighted by Gasteiger charge is -2.26. The predicted octanol–water partition coefficient (Wildman–Crippen LogP) is 0.941. The number of hydrogen-bond donors (Lipinski definition) is 0. The first kappa shape index (κ1) is 12.8. The number of carbonyl (C=O) groups is 2. The first-order chi connectivity index (χ1) is 7.47. The highest BCUT2D eigenvalue weighted by atomic mass is 16.5. The van der Waals surface area contributed by atoms with Crippen molar-refractivity contribution in [1.82, 2.24) is 9.80 Å². The molecule has 0 aliphatic heterocycles. The smallest absolute Gasteiger partial charge is 0.409 e. The van der Waals surface area contributed by atoms with E-state index in [2.05, 4.69) is 4.74 Å². The van der Waals surface area contributed by atoms with E-state index >= 15 is 0 Å². The Bertz CT molecular complexity index is 276. The number of carbonyl (C=O) groups excluding carboxylic acids is 2. The van der Waals surface area contributed by atoms with Gasteiger partial charge in [0, 0.05) is 20.1 Å². The van der Waals surface area contributed by atoms with Crippen LogP contribution in [-0.4, -0.2) is 55.6 Å². The van der Waals surface area contributed by atoms with Crippen LogP contribution in [0.4, 0.5) is 4.79 Å². The Morgan fingerprint density at radius 3 is 2.38 bits per heavy atom. The van der Waals surface area contributed by atoms with Crippen LogP contribution < -0.4 is 0 Å². The maximum atomic E-state index is 11.8. The summed E-state index contributed by atoms with van der Waals surface area (Å²) in [5.74, 6) is 0.588. The lowest BCUT2D eigenvalue weighted by molar-refractivity contribution is -0.132. The van der Waals surface area contributed by atoms with Gasteiger partial charge in [0.2, 0.25) is 5.91 Å². The van der Waals surface area contributed by atoms with E-state index in [-0.39, 0.29) is 18.5 Å². The lowest BCUT2D eigenvalue weighted by atomic mass is 10.2. The van der Waals surface area contributed by atoms with E-state index < -0.39 is 6.09 Å². The van der Waals surface area contributed by atoms with Gasteiger partial charge in [-0.3, -0.25) is 4.79 Å². The molecule has 0 aromatic heterocycles. The van der Waals surface area contributed by atoms with Gasteiger partial charge in [0.25, 0.3) is 0 Å². The van der Waals surface area contributed by atoms with Crippen molar-refractivity contribution in [3.8, 4) is 0 Å². The number of amides is 2. The highest BCUT2D eigenvalue weighted by Gasteiger charge is 2.32. The van der Waals surface area contributed by atoms with Gasteiger partial charge >= 0.3 is 6.09 Å². The van der Waals surface area contributed by atoms with Gasteiger partial charge in [-0.05, 0) is 25.7 Å². The van der Waals surface area contributed by atoms with Crippen LogP contribution in [0, 0.1) is 5.92 Å². The third kappa shape index (κ3) is 3.12. The van der Waals surface area contributed by atoms with E-state index in [9.17, 15) is 9.59 Å². The number of ether oxygens (including phenoxy) is 1. The average Bonchev–Trinajstić information content (AvgIpc) is 3.09. The van der Waals surface area contributed by atoms with Crippen molar-refractivity contribution in [1.29, 1.82) is 0 Å². The second-order valence-electron chi connectivity index (χ2n) is 4.41. The summed E-state index contributed by atoms with van der Waals surface area (Å²) < 4.78 is 4.53. The molecule has 1 rings (SSSR count). The molecule has 1 aliphatic carbocycles. The van der Waals surface area contributed by atoms with Crippen LogP contribution in [-0.2, 0) is 9.53 Å². The van der Waals surface area contributed by atoms with Crippen molar-refractivity contribution in [2.24, 2.45) is 5.92 Å². The van der Waals surface area contributed by atoms with E-state index in [1.165, 1.54) is 24.9 Å². The van der Waals surface area contributed by atoms with Crippen LogP contribution in [0.3, 0.4) is 0 Å². The van der Waals surface area contributed by atoms with E-state index in [1.54, 1.807) is 19.0 Å². The molecule has 92 valence electrons. The SMILES string of the molecule is COC(=O)N(C)CC(=O)N(C)[C@@H](C)C1CC1. The standard InChI is InChI=1S/C11H20N2O3/c1-8(9-5-6-9)13(3)10(14)7-12(2)11(15)16-4/h8-9H,5-7H2,1-4H3/t8-/m0/s1. The molecule has 1 aliphatic rings. The third-order valence-electron chi connectivity index (χ3n) is 3.17. The third-order valence-corrected chi connectivity index (χ3v) is 3.17. The molecule has 0 N–H and O–H groups in total. The lowest BCUT2D eigenvalue weighted by Crippen LogP contribution is -2.43. The van der Waals surface area contributed by atoms with Gasteiger partial charge in [-0.1, -0.05) is 0 Å². The molecule has 0 unspecified atom stereocenters. The van der Waals surface area contributed by atoms with Crippen LogP contribution >= 0.6 is 0 Å². The fraction of sp³-hybridized carbons (Fsp3) is 0.818. The highest BCUT2D eigenvalue weighted by molar-refractivity contribution is 5.82. The summed E-state index contributed by atoms with van der Waals surface area (Å²) in [4.78, 5) is 25.9. The minimum atomic E-state index is -0.485. The minimum absolute atomic E-state index is 0.0488.